The second-order valence-electron chi connectivity index (χ2n) is 5.96. The summed E-state index contributed by atoms with van der Waals surface area (Å²) in [5.41, 5.74) is 1.02. The largest absolute Gasteiger partial charge is 0.448 e. The van der Waals surface area contributed by atoms with Crippen LogP contribution in [0.3, 0.4) is 0 Å². The highest BCUT2D eigenvalue weighted by molar-refractivity contribution is 7.17. The van der Waals surface area contributed by atoms with Crippen LogP contribution in [0.2, 0.25) is 0 Å². The average molecular weight is 402 g/mol. The zero-order chi connectivity index (χ0) is 20.3. The van der Waals surface area contributed by atoms with E-state index < -0.39 is 29.6 Å². The summed E-state index contributed by atoms with van der Waals surface area (Å²) >= 11 is 1.16. The van der Waals surface area contributed by atoms with Gasteiger partial charge in [0.1, 0.15) is 21.5 Å². The molecule has 144 valence electrons. The maximum Gasteiger partial charge on any atom is 0.351 e. The van der Waals surface area contributed by atoms with Crippen molar-refractivity contribution in [1.29, 1.82) is 0 Å². The molecule has 1 heterocycles. The van der Waals surface area contributed by atoms with Crippen molar-refractivity contribution >= 4 is 28.9 Å². The number of benzene rings is 2. The minimum atomic E-state index is -1.21. The number of nitrogens with zero attached hydrogens (tertiary/aromatic N) is 1. The van der Waals surface area contributed by atoms with Crippen LogP contribution in [0.25, 0.3) is 10.6 Å². The molecule has 0 spiro atoms. The molecule has 0 fully saturated rings. The van der Waals surface area contributed by atoms with Gasteiger partial charge in [-0.3, -0.25) is 4.79 Å². The Morgan fingerprint density at radius 1 is 1.14 bits per heavy atom. The highest BCUT2D eigenvalue weighted by Crippen LogP contribution is 2.28. The van der Waals surface area contributed by atoms with Crippen molar-refractivity contribution in [2.75, 3.05) is 5.32 Å². The van der Waals surface area contributed by atoms with E-state index in [0.29, 0.717) is 10.7 Å². The van der Waals surface area contributed by atoms with Gasteiger partial charge in [-0.15, -0.1) is 11.3 Å². The summed E-state index contributed by atoms with van der Waals surface area (Å²) in [6.45, 7) is 3.02. The summed E-state index contributed by atoms with van der Waals surface area (Å²) in [5.74, 6) is -2.97. The Balaban J connectivity index is 1.69. The minimum Gasteiger partial charge on any atom is -0.448 e. The molecule has 0 aliphatic rings. The molecule has 0 saturated heterocycles. The van der Waals surface area contributed by atoms with Gasteiger partial charge in [-0.1, -0.05) is 30.3 Å². The normalized spacial score (nSPS) is 11.7. The first-order valence-corrected chi connectivity index (χ1v) is 9.16. The van der Waals surface area contributed by atoms with E-state index in [1.165, 1.54) is 6.92 Å². The number of rotatable bonds is 5. The van der Waals surface area contributed by atoms with E-state index in [9.17, 15) is 18.4 Å². The molecule has 28 heavy (non-hydrogen) atoms. The number of ether oxygens (including phenoxy) is 1. The lowest BCUT2D eigenvalue weighted by molar-refractivity contribution is -0.123. The average Bonchev–Trinajstić information content (AvgIpc) is 3.07. The predicted octanol–water partition coefficient (Wildman–Crippen LogP) is 4.58. The standard InChI is InChI=1S/C20H16F2N2O3S/c1-11-17(28-19(23-11)13-6-4-3-5-7-13)20(26)27-12(2)18(25)24-16-10-14(21)8-9-15(16)22/h3-10,12H,1-2H3,(H,24,25)/t12-/m1/s1. The molecule has 1 atom stereocenters. The number of esters is 1. The van der Waals surface area contributed by atoms with E-state index in [4.69, 9.17) is 4.74 Å². The van der Waals surface area contributed by atoms with Crippen LogP contribution in [-0.4, -0.2) is 23.0 Å². The van der Waals surface area contributed by atoms with Gasteiger partial charge >= 0.3 is 5.97 Å². The molecule has 0 aliphatic carbocycles. The van der Waals surface area contributed by atoms with Crippen LogP contribution in [0.4, 0.5) is 14.5 Å². The molecule has 3 aromatic rings. The number of aromatic nitrogens is 1. The van der Waals surface area contributed by atoms with Crippen LogP contribution in [0, 0.1) is 18.6 Å². The molecule has 1 N–H and O–H groups in total. The molecule has 8 heteroatoms. The summed E-state index contributed by atoms with van der Waals surface area (Å²) in [4.78, 5) is 29.2. The molecule has 5 nitrogen and oxygen atoms in total. The maximum atomic E-state index is 13.6. The number of halogens is 2. The second-order valence-corrected chi connectivity index (χ2v) is 6.96. The van der Waals surface area contributed by atoms with Crippen molar-refractivity contribution in [3.05, 3.63) is 70.7 Å². The lowest BCUT2D eigenvalue weighted by atomic mass is 10.2. The Hall–Kier alpha value is -3.13. The quantitative estimate of drug-likeness (QED) is 0.635. The van der Waals surface area contributed by atoms with Crippen LogP contribution in [0.1, 0.15) is 22.3 Å². The van der Waals surface area contributed by atoms with Gasteiger partial charge in [0.05, 0.1) is 11.4 Å². The first-order valence-electron chi connectivity index (χ1n) is 8.35. The highest BCUT2D eigenvalue weighted by atomic mass is 32.1. The number of amides is 1. The molecule has 1 amide bonds. The molecule has 0 unspecified atom stereocenters. The zero-order valence-corrected chi connectivity index (χ0v) is 15.8. The van der Waals surface area contributed by atoms with E-state index in [2.05, 4.69) is 10.3 Å². The fourth-order valence-electron chi connectivity index (χ4n) is 2.39. The number of hydrogen-bond acceptors (Lipinski definition) is 5. The van der Waals surface area contributed by atoms with Crippen LogP contribution in [0.5, 0.6) is 0 Å². The Kier molecular flexibility index (Phi) is 5.79. The van der Waals surface area contributed by atoms with Crippen molar-refractivity contribution in [3.63, 3.8) is 0 Å². The third-order valence-corrected chi connectivity index (χ3v) is 5.03. The summed E-state index contributed by atoms with van der Waals surface area (Å²) in [6, 6.07) is 12.0. The molecule has 2 aromatic carbocycles. The number of aryl methyl sites for hydroxylation is 1. The van der Waals surface area contributed by atoms with Crippen molar-refractivity contribution in [1.82, 2.24) is 4.98 Å². The number of nitrogens with one attached hydrogen (secondary N) is 1. The Labute approximate surface area is 164 Å². The first kappa shape index (κ1) is 19.6. The van der Waals surface area contributed by atoms with Gasteiger partial charge in [-0.2, -0.15) is 0 Å². The molecule has 3 rings (SSSR count). The molecule has 0 bridgehead atoms. The van der Waals surface area contributed by atoms with Gasteiger partial charge in [0.2, 0.25) is 0 Å². The maximum absolute atomic E-state index is 13.6. The van der Waals surface area contributed by atoms with Gasteiger partial charge in [0.25, 0.3) is 5.91 Å². The molecule has 1 aromatic heterocycles. The topological polar surface area (TPSA) is 68.3 Å². The highest BCUT2D eigenvalue weighted by Gasteiger charge is 2.24. The van der Waals surface area contributed by atoms with Gasteiger partial charge in [-0.25, -0.2) is 18.6 Å². The molecule has 0 saturated carbocycles. The smallest absolute Gasteiger partial charge is 0.351 e. The fraction of sp³-hybridized carbons (Fsp3) is 0.150. The monoisotopic (exact) mass is 402 g/mol. The van der Waals surface area contributed by atoms with Crippen molar-refractivity contribution in [2.24, 2.45) is 0 Å². The SMILES string of the molecule is Cc1nc(-c2ccccc2)sc1C(=O)O[C@H](C)C(=O)Nc1cc(F)ccc1F. The van der Waals surface area contributed by atoms with Gasteiger partial charge in [0.15, 0.2) is 6.10 Å². The molecule has 0 aliphatic heterocycles. The number of carbonyl (C=O) groups is 2. The summed E-state index contributed by atoms with van der Waals surface area (Å²) in [5, 5.41) is 2.87. The van der Waals surface area contributed by atoms with E-state index >= 15 is 0 Å². The van der Waals surface area contributed by atoms with Crippen LogP contribution >= 0.6 is 11.3 Å². The fourth-order valence-corrected chi connectivity index (χ4v) is 3.34. The van der Waals surface area contributed by atoms with Crippen molar-refractivity contribution in [3.8, 4) is 10.6 Å². The van der Waals surface area contributed by atoms with E-state index in [-0.39, 0.29) is 10.6 Å². The van der Waals surface area contributed by atoms with E-state index in [1.54, 1.807) is 6.92 Å². The second kappa shape index (κ2) is 8.26. The van der Waals surface area contributed by atoms with Crippen LogP contribution < -0.4 is 5.32 Å². The Bertz CT molecular complexity index is 1020. The Morgan fingerprint density at radius 2 is 1.86 bits per heavy atom. The van der Waals surface area contributed by atoms with Crippen molar-refractivity contribution < 1.29 is 23.1 Å². The van der Waals surface area contributed by atoms with Gasteiger partial charge < -0.3 is 10.1 Å². The summed E-state index contributed by atoms with van der Waals surface area (Å²) < 4.78 is 32.0. The van der Waals surface area contributed by atoms with Crippen LogP contribution in [-0.2, 0) is 9.53 Å². The third kappa shape index (κ3) is 4.40. The predicted molar refractivity (Wildman–Crippen MR) is 102 cm³/mol. The first-order chi connectivity index (χ1) is 13.3. The number of thiazole rings is 1. The van der Waals surface area contributed by atoms with E-state index in [1.807, 2.05) is 30.3 Å². The lowest BCUT2D eigenvalue weighted by Gasteiger charge is -2.13. The number of anilines is 1. The molecular weight excluding hydrogens is 386 g/mol. The van der Waals surface area contributed by atoms with Gasteiger partial charge in [-0.05, 0) is 26.0 Å². The lowest BCUT2D eigenvalue weighted by Crippen LogP contribution is -2.30. The number of carbonyl (C=O) groups excluding carboxylic acids is 2. The zero-order valence-electron chi connectivity index (χ0n) is 15.0. The Morgan fingerprint density at radius 3 is 2.57 bits per heavy atom. The van der Waals surface area contributed by atoms with Gasteiger partial charge in [0, 0.05) is 11.6 Å². The molecule has 0 radical (unpaired) electrons. The summed E-state index contributed by atoms with van der Waals surface area (Å²) in [7, 11) is 0. The third-order valence-electron chi connectivity index (χ3n) is 3.84. The van der Waals surface area contributed by atoms with Crippen LogP contribution in [0.15, 0.2) is 48.5 Å². The number of hydrogen-bond donors (Lipinski definition) is 1. The van der Waals surface area contributed by atoms with E-state index in [0.717, 1.165) is 35.1 Å². The van der Waals surface area contributed by atoms with Crippen molar-refractivity contribution in [2.45, 2.75) is 20.0 Å². The minimum absolute atomic E-state index is 0.274. The summed E-state index contributed by atoms with van der Waals surface area (Å²) in [6.07, 6.45) is -1.21. The molecular formula is C20H16F2N2O3S.